The summed E-state index contributed by atoms with van der Waals surface area (Å²) in [4.78, 5) is 17.1. The number of rotatable bonds is 4. The molecule has 1 atom stereocenters. The maximum Gasteiger partial charge on any atom is 0.269 e. The van der Waals surface area contributed by atoms with Gasteiger partial charge in [0.15, 0.2) is 0 Å². The molecule has 1 unspecified atom stereocenters. The number of anilines is 1. The zero-order valence-electron chi connectivity index (χ0n) is 14.8. The zero-order chi connectivity index (χ0) is 17.9. The maximum absolute atomic E-state index is 12.6. The average molecular weight is 349 g/mol. The van der Waals surface area contributed by atoms with E-state index in [1.54, 1.807) is 10.7 Å². The molecule has 6 heteroatoms. The molecule has 1 aromatic heterocycles. The molecule has 2 aliphatic heterocycles. The molecule has 0 spiro atoms. The Kier molecular flexibility index (Phi) is 4.72. The Bertz CT molecular complexity index is 880. The molecule has 2 fully saturated rings. The van der Waals surface area contributed by atoms with E-state index in [2.05, 4.69) is 21.0 Å². The number of likely N-dealkylation sites (tertiary alicyclic amines) is 1. The fourth-order valence-electron chi connectivity index (χ4n) is 3.81. The Hall–Kier alpha value is -2.65. The molecule has 0 aliphatic carbocycles. The van der Waals surface area contributed by atoms with E-state index in [-0.39, 0.29) is 11.6 Å². The van der Waals surface area contributed by atoms with Crippen molar-refractivity contribution < 1.29 is 0 Å². The first-order valence-electron chi connectivity index (χ1n) is 9.29. The first kappa shape index (κ1) is 16.8. The smallest absolute Gasteiger partial charge is 0.269 e. The van der Waals surface area contributed by atoms with Crippen LogP contribution in [-0.4, -0.2) is 40.9 Å². The average Bonchev–Trinajstić information content (AvgIpc) is 2.61. The molecule has 2 aliphatic rings. The molecule has 26 heavy (non-hydrogen) atoms. The summed E-state index contributed by atoms with van der Waals surface area (Å²) >= 11 is 0. The number of piperidine rings is 1. The summed E-state index contributed by atoms with van der Waals surface area (Å²) in [6, 6.07) is 11.8. The van der Waals surface area contributed by atoms with E-state index in [9.17, 15) is 10.1 Å². The van der Waals surface area contributed by atoms with Gasteiger partial charge in [-0.3, -0.25) is 9.69 Å². The number of hydrogen-bond acceptors (Lipinski definition) is 5. The number of hydrogen-bond donors (Lipinski definition) is 0. The zero-order valence-corrected chi connectivity index (χ0v) is 14.8. The summed E-state index contributed by atoms with van der Waals surface area (Å²) in [5.41, 5.74) is 2.69. The predicted octanol–water partition coefficient (Wildman–Crippen LogP) is 2.16. The van der Waals surface area contributed by atoms with E-state index in [1.165, 1.54) is 6.42 Å². The van der Waals surface area contributed by atoms with Crippen LogP contribution in [0.15, 0.2) is 41.3 Å². The second-order valence-electron chi connectivity index (χ2n) is 7.14. The predicted molar refractivity (Wildman–Crippen MR) is 100 cm³/mol. The summed E-state index contributed by atoms with van der Waals surface area (Å²) in [6.07, 6.45) is 5.00. The van der Waals surface area contributed by atoms with Crippen molar-refractivity contribution >= 4 is 5.69 Å². The summed E-state index contributed by atoms with van der Waals surface area (Å²) in [5, 5.41) is 13.7. The lowest BCUT2D eigenvalue weighted by atomic mass is 10.0. The van der Waals surface area contributed by atoms with Crippen LogP contribution in [0.3, 0.4) is 0 Å². The van der Waals surface area contributed by atoms with Gasteiger partial charge >= 0.3 is 0 Å². The van der Waals surface area contributed by atoms with Gasteiger partial charge in [0.25, 0.3) is 5.56 Å². The number of nitrogens with zero attached hydrogens (tertiary/aromatic N) is 5. The van der Waals surface area contributed by atoms with Crippen molar-refractivity contribution in [3.8, 4) is 6.07 Å². The van der Waals surface area contributed by atoms with Crippen LogP contribution < -0.4 is 10.5 Å². The van der Waals surface area contributed by atoms with Crippen molar-refractivity contribution in [1.29, 1.82) is 5.26 Å². The molecule has 0 amide bonds. The Balaban J connectivity index is 1.48. The second kappa shape index (κ2) is 7.30. The minimum Gasteiger partial charge on any atom is -0.370 e. The van der Waals surface area contributed by atoms with E-state index in [1.807, 2.05) is 30.5 Å². The summed E-state index contributed by atoms with van der Waals surface area (Å²) < 4.78 is 1.64. The van der Waals surface area contributed by atoms with Gasteiger partial charge in [-0.1, -0.05) is 18.2 Å². The first-order chi connectivity index (χ1) is 12.7. The fourth-order valence-corrected chi connectivity index (χ4v) is 3.81. The van der Waals surface area contributed by atoms with Crippen LogP contribution in [0.1, 0.15) is 36.4 Å². The SMILES string of the molecule is N#Cc1ccccc1CN1CCCC(n2ncc(N3CCC3)cc2=O)C1. The van der Waals surface area contributed by atoms with Crippen molar-refractivity contribution in [2.45, 2.75) is 31.8 Å². The van der Waals surface area contributed by atoms with Gasteiger partial charge in [0.05, 0.1) is 29.6 Å². The van der Waals surface area contributed by atoms with Crippen molar-refractivity contribution in [3.63, 3.8) is 0 Å². The van der Waals surface area contributed by atoms with E-state index in [4.69, 9.17) is 0 Å². The highest BCUT2D eigenvalue weighted by atomic mass is 16.1. The van der Waals surface area contributed by atoms with Crippen LogP contribution in [0.2, 0.25) is 0 Å². The Morgan fingerprint density at radius 3 is 2.77 bits per heavy atom. The third-order valence-electron chi connectivity index (χ3n) is 5.39. The van der Waals surface area contributed by atoms with Crippen molar-refractivity contribution in [2.75, 3.05) is 31.1 Å². The van der Waals surface area contributed by atoms with Crippen LogP contribution in [0.25, 0.3) is 0 Å². The minimum atomic E-state index is -0.0151. The van der Waals surface area contributed by atoms with Gasteiger partial charge in [-0.15, -0.1) is 0 Å². The van der Waals surface area contributed by atoms with E-state index < -0.39 is 0 Å². The standard InChI is InChI=1S/C20H23N5O/c21-12-16-5-1-2-6-17(16)14-23-8-3-7-18(15-23)25-20(26)11-19(13-22-25)24-9-4-10-24/h1-2,5-6,11,13,18H,3-4,7-10,14-15H2. The van der Waals surface area contributed by atoms with Gasteiger partial charge in [0.2, 0.25) is 0 Å². The van der Waals surface area contributed by atoms with E-state index in [0.717, 1.165) is 62.4 Å². The van der Waals surface area contributed by atoms with Gasteiger partial charge in [0.1, 0.15) is 0 Å². The van der Waals surface area contributed by atoms with Crippen LogP contribution in [0.4, 0.5) is 5.69 Å². The molecule has 0 bridgehead atoms. The lowest BCUT2D eigenvalue weighted by molar-refractivity contribution is 0.160. The Morgan fingerprint density at radius 1 is 1.19 bits per heavy atom. The molecular formula is C20H23N5O. The highest BCUT2D eigenvalue weighted by Gasteiger charge is 2.24. The third-order valence-corrected chi connectivity index (χ3v) is 5.39. The van der Waals surface area contributed by atoms with Crippen molar-refractivity contribution in [3.05, 3.63) is 58.0 Å². The minimum absolute atomic E-state index is 0.0151. The molecule has 0 saturated carbocycles. The fraction of sp³-hybridized carbons (Fsp3) is 0.450. The summed E-state index contributed by atoms with van der Waals surface area (Å²) in [5.74, 6) is 0. The molecule has 0 N–H and O–H groups in total. The van der Waals surface area contributed by atoms with E-state index >= 15 is 0 Å². The number of nitriles is 1. The van der Waals surface area contributed by atoms with Gasteiger partial charge in [-0.25, -0.2) is 4.68 Å². The molecule has 2 aromatic rings. The summed E-state index contributed by atoms with van der Waals surface area (Å²) in [7, 11) is 0. The van der Waals surface area contributed by atoms with Crippen LogP contribution in [0.5, 0.6) is 0 Å². The number of aromatic nitrogens is 2. The molecular weight excluding hydrogens is 326 g/mol. The molecule has 6 nitrogen and oxygen atoms in total. The molecule has 4 rings (SSSR count). The summed E-state index contributed by atoms with van der Waals surface area (Å²) in [6.45, 7) is 4.54. The van der Waals surface area contributed by atoms with Crippen molar-refractivity contribution in [2.24, 2.45) is 0 Å². The van der Waals surface area contributed by atoms with Crippen LogP contribution in [-0.2, 0) is 6.54 Å². The van der Waals surface area contributed by atoms with Crippen LogP contribution >= 0.6 is 0 Å². The molecule has 134 valence electrons. The third kappa shape index (κ3) is 3.35. The highest BCUT2D eigenvalue weighted by Crippen LogP contribution is 2.23. The Labute approximate surface area is 153 Å². The largest absolute Gasteiger partial charge is 0.370 e. The normalized spacial score (nSPS) is 20.4. The van der Waals surface area contributed by atoms with E-state index in [0.29, 0.717) is 0 Å². The number of benzene rings is 1. The lowest BCUT2D eigenvalue weighted by Crippen LogP contribution is -2.42. The molecule has 3 heterocycles. The highest BCUT2D eigenvalue weighted by molar-refractivity contribution is 5.45. The molecule has 2 saturated heterocycles. The monoisotopic (exact) mass is 349 g/mol. The molecule has 1 aromatic carbocycles. The lowest BCUT2D eigenvalue weighted by Gasteiger charge is -2.34. The molecule has 0 radical (unpaired) electrons. The van der Waals surface area contributed by atoms with Gasteiger partial charge in [-0.2, -0.15) is 10.4 Å². The quantitative estimate of drug-likeness (QED) is 0.846. The second-order valence-corrected chi connectivity index (χ2v) is 7.14. The topological polar surface area (TPSA) is 65.2 Å². The Morgan fingerprint density at radius 2 is 2.04 bits per heavy atom. The maximum atomic E-state index is 12.6. The van der Waals surface area contributed by atoms with Gasteiger partial charge in [0, 0.05) is 32.2 Å². The van der Waals surface area contributed by atoms with Gasteiger partial charge < -0.3 is 4.90 Å². The first-order valence-corrected chi connectivity index (χ1v) is 9.29. The van der Waals surface area contributed by atoms with Crippen LogP contribution in [0, 0.1) is 11.3 Å². The van der Waals surface area contributed by atoms with Crippen molar-refractivity contribution in [1.82, 2.24) is 14.7 Å². The van der Waals surface area contributed by atoms with Gasteiger partial charge in [-0.05, 0) is 37.4 Å².